The van der Waals surface area contributed by atoms with Gasteiger partial charge in [0.05, 0.1) is 49.5 Å². The molecule has 0 aliphatic rings. The summed E-state index contributed by atoms with van der Waals surface area (Å²) in [5, 5.41) is 14.7. The molecule has 0 saturated carbocycles. The van der Waals surface area contributed by atoms with Crippen molar-refractivity contribution in [1.82, 2.24) is 19.3 Å². The van der Waals surface area contributed by atoms with Crippen LogP contribution >= 0.6 is 0 Å². The van der Waals surface area contributed by atoms with Crippen LogP contribution < -0.4 is 16.0 Å². The van der Waals surface area contributed by atoms with Crippen molar-refractivity contribution in [2.75, 3.05) is 19.5 Å². The number of nitrogens with two attached hydrogens (primary N) is 1. The van der Waals surface area contributed by atoms with Crippen molar-refractivity contribution in [3.63, 3.8) is 0 Å². The average Bonchev–Trinajstić information content (AvgIpc) is 3.15. The van der Waals surface area contributed by atoms with Gasteiger partial charge >= 0.3 is 5.97 Å². The molecule has 4 rings (SSSR count). The second-order valence-electron chi connectivity index (χ2n) is 7.72. The van der Waals surface area contributed by atoms with Gasteiger partial charge in [-0.3, -0.25) is 4.79 Å². The number of methoxy groups -OCH3 is 1. The number of carbonyl (C=O) groups excluding carboxylic acids is 1. The molecule has 0 aliphatic carbocycles. The van der Waals surface area contributed by atoms with Crippen LogP contribution in [0.25, 0.3) is 11.0 Å². The molecule has 0 spiro atoms. The van der Waals surface area contributed by atoms with Crippen molar-refractivity contribution in [2.45, 2.75) is 25.6 Å². The number of fused-ring (bicyclic) bond motifs is 1. The van der Waals surface area contributed by atoms with Gasteiger partial charge in [-0.1, -0.05) is 24.3 Å². The zero-order valence-electron chi connectivity index (χ0n) is 18.6. The minimum Gasteiger partial charge on any atom is -0.477 e. The zero-order chi connectivity index (χ0) is 24.1. The summed E-state index contributed by atoms with van der Waals surface area (Å²) in [6, 6.07) is 17.2. The number of hydrogen-bond acceptors (Lipinski definition) is 8. The number of aliphatic hydroxyl groups is 1. The highest BCUT2D eigenvalue weighted by molar-refractivity contribution is 5.89. The number of aromatic nitrogens is 4. The Kier molecular flexibility index (Phi) is 6.88. The van der Waals surface area contributed by atoms with Crippen LogP contribution in [0.2, 0.25) is 0 Å². The van der Waals surface area contributed by atoms with Gasteiger partial charge in [0.15, 0.2) is 0 Å². The third-order valence-corrected chi connectivity index (χ3v) is 5.30. The Labute approximate surface area is 195 Å². The summed E-state index contributed by atoms with van der Waals surface area (Å²) < 4.78 is 13.4. The van der Waals surface area contributed by atoms with E-state index in [4.69, 9.17) is 15.2 Å². The lowest BCUT2D eigenvalue weighted by Crippen LogP contribution is -2.24. The second-order valence-corrected chi connectivity index (χ2v) is 7.72. The monoisotopic (exact) mass is 463 g/mol. The molecule has 0 aliphatic heterocycles. The third-order valence-electron chi connectivity index (χ3n) is 5.30. The van der Waals surface area contributed by atoms with E-state index in [1.807, 2.05) is 24.3 Å². The number of nitrogens with zero attached hydrogens (tertiary/aromatic N) is 4. The van der Waals surface area contributed by atoms with Gasteiger partial charge in [0.1, 0.15) is 0 Å². The van der Waals surface area contributed by atoms with Gasteiger partial charge in [-0.15, -0.1) is 5.10 Å². The van der Waals surface area contributed by atoms with E-state index < -0.39 is 12.1 Å². The first kappa shape index (κ1) is 23.0. The molecule has 0 amide bonds. The molecule has 0 saturated heterocycles. The quantitative estimate of drug-likeness (QED) is 0.359. The SMILES string of the molecule is COC(=O)c1cccc(Cn2nc(OCCC(O)Cn3c(N)nc4ccccc43)ccc2=O)c1. The van der Waals surface area contributed by atoms with Gasteiger partial charge in [0.25, 0.3) is 5.56 Å². The van der Waals surface area contributed by atoms with Crippen molar-refractivity contribution < 1.29 is 19.4 Å². The van der Waals surface area contributed by atoms with E-state index in [0.29, 0.717) is 17.9 Å². The maximum Gasteiger partial charge on any atom is 0.337 e. The average molecular weight is 463 g/mol. The van der Waals surface area contributed by atoms with Crippen molar-refractivity contribution in [3.05, 3.63) is 82.1 Å². The number of rotatable bonds is 9. The fourth-order valence-corrected chi connectivity index (χ4v) is 3.60. The summed E-state index contributed by atoms with van der Waals surface area (Å²) in [5.74, 6) is 0.137. The lowest BCUT2D eigenvalue weighted by molar-refractivity contribution is 0.0600. The number of imidazole rings is 1. The molecule has 0 bridgehead atoms. The number of benzene rings is 2. The molecule has 2 aromatic carbocycles. The molecule has 1 unspecified atom stereocenters. The molecule has 0 radical (unpaired) electrons. The summed E-state index contributed by atoms with van der Waals surface area (Å²) in [5.41, 5.74) is 8.41. The Hall–Kier alpha value is -4.18. The first-order valence-corrected chi connectivity index (χ1v) is 10.7. The van der Waals surface area contributed by atoms with Gasteiger partial charge in [-0.05, 0) is 29.8 Å². The van der Waals surface area contributed by atoms with E-state index in [-0.39, 0.29) is 31.1 Å². The Morgan fingerprint density at radius 3 is 2.79 bits per heavy atom. The molecule has 1 atom stereocenters. The van der Waals surface area contributed by atoms with Gasteiger partial charge in [0, 0.05) is 18.6 Å². The Morgan fingerprint density at radius 2 is 1.97 bits per heavy atom. The largest absolute Gasteiger partial charge is 0.477 e. The van der Waals surface area contributed by atoms with E-state index in [0.717, 1.165) is 16.6 Å². The first-order chi connectivity index (χ1) is 16.4. The molecule has 2 aromatic heterocycles. The molecule has 10 nitrogen and oxygen atoms in total. The van der Waals surface area contributed by atoms with Crippen molar-refractivity contribution in [2.24, 2.45) is 0 Å². The number of aliphatic hydroxyl groups excluding tert-OH is 1. The van der Waals surface area contributed by atoms with E-state index >= 15 is 0 Å². The van der Waals surface area contributed by atoms with Crippen LogP contribution in [0.15, 0.2) is 65.5 Å². The van der Waals surface area contributed by atoms with Crippen LogP contribution in [0.5, 0.6) is 5.88 Å². The summed E-state index contributed by atoms with van der Waals surface area (Å²) in [4.78, 5) is 28.3. The molecular formula is C24H25N5O5. The maximum absolute atomic E-state index is 12.2. The number of carbonyl (C=O) groups is 1. The molecule has 3 N–H and O–H groups in total. The van der Waals surface area contributed by atoms with Crippen molar-refractivity contribution in [1.29, 1.82) is 0 Å². The first-order valence-electron chi connectivity index (χ1n) is 10.7. The lowest BCUT2D eigenvalue weighted by atomic mass is 10.1. The van der Waals surface area contributed by atoms with E-state index in [2.05, 4.69) is 10.1 Å². The van der Waals surface area contributed by atoms with Crippen LogP contribution in [-0.2, 0) is 17.8 Å². The van der Waals surface area contributed by atoms with Crippen LogP contribution in [-0.4, -0.2) is 50.2 Å². The minimum atomic E-state index is -0.716. The topological polar surface area (TPSA) is 134 Å². The van der Waals surface area contributed by atoms with Gasteiger partial charge in [-0.25, -0.2) is 14.5 Å². The third kappa shape index (κ3) is 5.24. The molecule has 4 aromatic rings. The molecule has 34 heavy (non-hydrogen) atoms. The normalized spacial score (nSPS) is 11.9. The fraction of sp³-hybridized carbons (Fsp3) is 0.250. The number of para-hydroxylation sites is 2. The number of esters is 1. The molecule has 10 heteroatoms. The van der Waals surface area contributed by atoms with Crippen molar-refractivity contribution >= 4 is 23.0 Å². The van der Waals surface area contributed by atoms with Crippen LogP contribution in [0, 0.1) is 0 Å². The number of anilines is 1. The van der Waals surface area contributed by atoms with E-state index in [1.54, 1.807) is 28.8 Å². The Bertz CT molecular complexity index is 1360. The van der Waals surface area contributed by atoms with Gasteiger partial charge in [0.2, 0.25) is 11.8 Å². The van der Waals surface area contributed by atoms with Crippen LogP contribution in [0.3, 0.4) is 0 Å². The van der Waals surface area contributed by atoms with Crippen LogP contribution in [0.4, 0.5) is 5.95 Å². The van der Waals surface area contributed by atoms with E-state index in [9.17, 15) is 14.7 Å². The molecule has 2 heterocycles. The predicted octanol–water partition coefficient (Wildman–Crippen LogP) is 1.84. The fourth-order valence-electron chi connectivity index (χ4n) is 3.60. The highest BCUT2D eigenvalue weighted by atomic mass is 16.5. The van der Waals surface area contributed by atoms with Gasteiger partial charge < -0.3 is 24.9 Å². The summed E-state index contributed by atoms with van der Waals surface area (Å²) in [6.07, 6.45) is -0.389. The highest BCUT2D eigenvalue weighted by Gasteiger charge is 2.13. The second kappa shape index (κ2) is 10.2. The Balaban J connectivity index is 1.37. The summed E-state index contributed by atoms with van der Waals surface area (Å²) >= 11 is 0. The van der Waals surface area contributed by atoms with Crippen molar-refractivity contribution in [3.8, 4) is 5.88 Å². The maximum atomic E-state index is 12.2. The summed E-state index contributed by atoms with van der Waals surface area (Å²) in [7, 11) is 1.31. The van der Waals surface area contributed by atoms with Gasteiger partial charge in [-0.2, -0.15) is 0 Å². The smallest absolute Gasteiger partial charge is 0.337 e. The molecule has 0 fully saturated rings. The Morgan fingerprint density at radius 1 is 1.15 bits per heavy atom. The number of ether oxygens (including phenoxy) is 2. The number of hydrogen-bond donors (Lipinski definition) is 2. The molecular weight excluding hydrogens is 438 g/mol. The standard InChI is InChI=1S/C24H25N5O5/c1-33-23(32)17-6-4-5-16(13-17)14-29-22(31)10-9-21(27-29)34-12-11-18(30)15-28-20-8-3-2-7-19(20)26-24(28)25/h2-10,13,18,30H,11-12,14-15H2,1H3,(H2,25,26). The summed E-state index contributed by atoms with van der Waals surface area (Å²) in [6.45, 7) is 0.631. The lowest BCUT2D eigenvalue weighted by Gasteiger charge is -2.14. The van der Waals surface area contributed by atoms with Crippen LogP contribution in [0.1, 0.15) is 22.3 Å². The van der Waals surface area contributed by atoms with E-state index in [1.165, 1.54) is 23.9 Å². The zero-order valence-corrected chi connectivity index (χ0v) is 18.6. The highest BCUT2D eigenvalue weighted by Crippen LogP contribution is 2.18. The number of nitrogen functional groups attached to an aromatic ring is 1. The predicted molar refractivity (Wildman–Crippen MR) is 126 cm³/mol. The minimum absolute atomic E-state index is 0.163. The molecule has 176 valence electrons.